The number of esters is 1. The molecule has 0 saturated carbocycles. The molecule has 5 nitrogen and oxygen atoms in total. The van der Waals surface area contributed by atoms with Gasteiger partial charge in [-0.1, -0.05) is 41.9 Å². The SMILES string of the molecule is CCOC(=O)c1ccc(CN(Cc2ccc(F)cc2)S(=O)(=O)c2cccc(Cl)c2)cc1. The van der Waals surface area contributed by atoms with Crippen molar-refractivity contribution < 1.29 is 22.3 Å². The predicted octanol–water partition coefficient (Wildman–Crippen LogP) is 5.05. The van der Waals surface area contributed by atoms with E-state index in [1.165, 1.54) is 28.6 Å². The maximum absolute atomic E-state index is 13.3. The smallest absolute Gasteiger partial charge is 0.338 e. The molecule has 0 aliphatic rings. The van der Waals surface area contributed by atoms with E-state index >= 15 is 0 Å². The third-order valence-corrected chi connectivity index (χ3v) is 6.55. The largest absolute Gasteiger partial charge is 0.462 e. The second-order valence-corrected chi connectivity index (χ2v) is 9.15. The van der Waals surface area contributed by atoms with Crippen molar-refractivity contribution in [1.82, 2.24) is 4.31 Å². The molecule has 0 atom stereocenters. The van der Waals surface area contributed by atoms with Crippen LogP contribution >= 0.6 is 11.6 Å². The summed E-state index contributed by atoms with van der Waals surface area (Å²) in [6, 6.07) is 18.2. The van der Waals surface area contributed by atoms with Crippen molar-refractivity contribution in [1.29, 1.82) is 0 Å². The minimum atomic E-state index is -3.90. The lowest BCUT2D eigenvalue weighted by atomic mass is 10.1. The summed E-state index contributed by atoms with van der Waals surface area (Å²) < 4.78 is 46.2. The standard InChI is InChI=1S/C23H21ClFNO4S/c1-2-30-23(27)19-10-6-17(7-11-19)15-26(16-18-8-12-21(25)13-9-18)31(28,29)22-5-3-4-20(24)14-22/h3-14H,2,15-16H2,1H3. The molecular formula is C23H21ClFNO4S. The fourth-order valence-electron chi connectivity index (χ4n) is 2.96. The van der Waals surface area contributed by atoms with Crippen molar-refractivity contribution in [2.45, 2.75) is 24.9 Å². The van der Waals surface area contributed by atoms with Crippen molar-refractivity contribution in [3.05, 3.63) is 100 Å². The molecule has 0 heterocycles. The molecule has 3 aromatic carbocycles. The molecule has 162 valence electrons. The minimum Gasteiger partial charge on any atom is -0.462 e. The lowest BCUT2D eigenvalue weighted by Gasteiger charge is -2.23. The molecular weight excluding hydrogens is 441 g/mol. The van der Waals surface area contributed by atoms with Crippen molar-refractivity contribution in [2.24, 2.45) is 0 Å². The number of carbonyl (C=O) groups is 1. The Labute approximate surface area is 186 Å². The average Bonchev–Trinajstić information content (AvgIpc) is 2.75. The summed E-state index contributed by atoms with van der Waals surface area (Å²) in [5.41, 5.74) is 1.70. The van der Waals surface area contributed by atoms with Gasteiger partial charge in [0.05, 0.1) is 17.1 Å². The van der Waals surface area contributed by atoms with Crippen molar-refractivity contribution in [3.63, 3.8) is 0 Å². The van der Waals surface area contributed by atoms with E-state index in [1.807, 2.05) is 0 Å². The van der Waals surface area contributed by atoms with Gasteiger partial charge < -0.3 is 4.74 Å². The Kier molecular flexibility index (Phi) is 7.43. The molecule has 0 aromatic heterocycles. The maximum Gasteiger partial charge on any atom is 0.338 e. The quantitative estimate of drug-likeness (QED) is 0.440. The molecule has 31 heavy (non-hydrogen) atoms. The third-order valence-electron chi connectivity index (χ3n) is 4.53. The fourth-order valence-corrected chi connectivity index (χ4v) is 4.68. The second-order valence-electron chi connectivity index (χ2n) is 6.77. The Morgan fingerprint density at radius 1 is 0.968 bits per heavy atom. The Morgan fingerprint density at radius 2 is 1.55 bits per heavy atom. The van der Waals surface area contributed by atoms with Crippen molar-refractivity contribution in [2.75, 3.05) is 6.61 Å². The molecule has 0 bridgehead atoms. The van der Waals surface area contributed by atoms with Crippen molar-refractivity contribution in [3.8, 4) is 0 Å². The number of hydrogen-bond donors (Lipinski definition) is 0. The van der Waals surface area contributed by atoms with Gasteiger partial charge in [0.15, 0.2) is 0 Å². The van der Waals surface area contributed by atoms with Gasteiger partial charge >= 0.3 is 5.97 Å². The molecule has 0 saturated heterocycles. The summed E-state index contributed by atoms with van der Waals surface area (Å²) in [5, 5.41) is 0.307. The molecule has 8 heteroatoms. The van der Waals surface area contributed by atoms with E-state index in [4.69, 9.17) is 16.3 Å². The zero-order valence-corrected chi connectivity index (χ0v) is 18.4. The van der Waals surface area contributed by atoms with Crippen LogP contribution in [0.15, 0.2) is 77.7 Å². The first-order valence-corrected chi connectivity index (χ1v) is 11.4. The highest BCUT2D eigenvalue weighted by molar-refractivity contribution is 7.89. The topological polar surface area (TPSA) is 63.7 Å². The number of rotatable bonds is 8. The van der Waals surface area contributed by atoms with Crippen LogP contribution in [0.1, 0.15) is 28.4 Å². The lowest BCUT2D eigenvalue weighted by Crippen LogP contribution is -2.30. The Morgan fingerprint density at radius 3 is 2.10 bits per heavy atom. The zero-order chi connectivity index (χ0) is 22.4. The first kappa shape index (κ1) is 22.9. The van der Waals surface area contributed by atoms with Crippen LogP contribution in [-0.4, -0.2) is 25.3 Å². The van der Waals surface area contributed by atoms with E-state index in [0.29, 0.717) is 21.7 Å². The van der Waals surface area contributed by atoms with Gasteiger partial charge in [-0.05, 0) is 60.5 Å². The highest BCUT2D eigenvalue weighted by Gasteiger charge is 2.25. The first-order chi connectivity index (χ1) is 14.8. The van der Waals surface area contributed by atoms with Gasteiger partial charge in [-0.25, -0.2) is 17.6 Å². The Balaban J connectivity index is 1.92. The van der Waals surface area contributed by atoms with Gasteiger partial charge in [0.1, 0.15) is 5.82 Å². The number of nitrogens with zero attached hydrogens (tertiary/aromatic N) is 1. The third kappa shape index (κ3) is 5.91. The van der Waals surface area contributed by atoms with Gasteiger partial charge in [0.2, 0.25) is 10.0 Å². The summed E-state index contributed by atoms with van der Waals surface area (Å²) >= 11 is 6.00. The summed E-state index contributed by atoms with van der Waals surface area (Å²) in [6.45, 7) is 2.08. The van der Waals surface area contributed by atoms with Crippen LogP contribution in [0.4, 0.5) is 4.39 Å². The number of carbonyl (C=O) groups excluding carboxylic acids is 1. The summed E-state index contributed by atoms with van der Waals surface area (Å²) in [5.74, 6) is -0.841. The van der Waals surface area contributed by atoms with Gasteiger partial charge in [0, 0.05) is 18.1 Å². The van der Waals surface area contributed by atoms with E-state index < -0.39 is 21.8 Å². The minimum absolute atomic E-state index is 0.0365. The number of ether oxygens (including phenoxy) is 1. The maximum atomic E-state index is 13.3. The van der Waals surface area contributed by atoms with Crippen LogP contribution in [0.2, 0.25) is 5.02 Å². The molecule has 3 aromatic rings. The average molecular weight is 462 g/mol. The van der Waals surface area contributed by atoms with Crippen molar-refractivity contribution >= 4 is 27.6 Å². The molecule has 0 radical (unpaired) electrons. The number of halogens is 2. The van der Waals surface area contributed by atoms with Gasteiger partial charge in [0.25, 0.3) is 0 Å². The predicted molar refractivity (Wildman–Crippen MR) is 117 cm³/mol. The summed E-state index contributed by atoms with van der Waals surface area (Å²) in [4.78, 5) is 11.9. The molecule has 0 N–H and O–H groups in total. The molecule has 0 spiro atoms. The van der Waals surface area contributed by atoms with E-state index in [-0.39, 0.29) is 24.6 Å². The monoisotopic (exact) mass is 461 g/mol. The van der Waals surface area contributed by atoms with Crippen LogP contribution in [-0.2, 0) is 27.8 Å². The molecule has 0 fully saturated rings. The van der Waals surface area contributed by atoms with Crippen LogP contribution in [0.3, 0.4) is 0 Å². The highest BCUT2D eigenvalue weighted by Crippen LogP contribution is 2.24. The number of benzene rings is 3. The second kappa shape index (κ2) is 10.0. The van der Waals surface area contributed by atoms with E-state index in [2.05, 4.69) is 0 Å². The molecule has 0 unspecified atom stereocenters. The zero-order valence-electron chi connectivity index (χ0n) is 16.8. The van der Waals surface area contributed by atoms with E-state index in [9.17, 15) is 17.6 Å². The molecule has 0 aliphatic heterocycles. The normalized spacial score (nSPS) is 11.5. The van der Waals surface area contributed by atoms with Crippen LogP contribution < -0.4 is 0 Å². The van der Waals surface area contributed by atoms with Gasteiger partial charge in [-0.2, -0.15) is 4.31 Å². The van der Waals surface area contributed by atoms with E-state index in [0.717, 1.165) is 0 Å². The van der Waals surface area contributed by atoms with Gasteiger partial charge in [-0.15, -0.1) is 0 Å². The van der Waals surface area contributed by atoms with Crippen LogP contribution in [0.25, 0.3) is 0 Å². The van der Waals surface area contributed by atoms with Crippen LogP contribution in [0, 0.1) is 5.82 Å². The molecule has 0 aliphatic carbocycles. The molecule has 0 amide bonds. The molecule has 3 rings (SSSR count). The number of hydrogen-bond acceptors (Lipinski definition) is 4. The summed E-state index contributed by atoms with van der Waals surface area (Å²) in [6.07, 6.45) is 0. The highest BCUT2D eigenvalue weighted by atomic mass is 35.5. The fraction of sp³-hybridized carbons (Fsp3) is 0.174. The Bertz CT molecular complexity index is 1150. The van der Waals surface area contributed by atoms with Crippen LogP contribution in [0.5, 0.6) is 0 Å². The van der Waals surface area contributed by atoms with Gasteiger partial charge in [-0.3, -0.25) is 0 Å². The summed E-state index contributed by atoms with van der Waals surface area (Å²) in [7, 11) is -3.90. The Hall–Kier alpha value is -2.74. The number of sulfonamides is 1. The lowest BCUT2D eigenvalue weighted by molar-refractivity contribution is 0.0526. The first-order valence-electron chi connectivity index (χ1n) is 9.56. The van der Waals surface area contributed by atoms with E-state index in [1.54, 1.807) is 55.5 Å².